The highest BCUT2D eigenvalue weighted by molar-refractivity contribution is 6.22. The van der Waals surface area contributed by atoms with Crippen LogP contribution in [0.2, 0.25) is 0 Å². The fourth-order valence-corrected chi connectivity index (χ4v) is 4.46. The first-order valence-corrected chi connectivity index (χ1v) is 11.9. The maximum Gasteiger partial charge on any atom is 0.339 e. The van der Waals surface area contributed by atoms with E-state index in [1.807, 2.05) is 74.5 Å². The van der Waals surface area contributed by atoms with Crippen LogP contribution in [0.5, 0.6) is 5.75 Å². The van der Waals surface area contributed by atoms with Gasteiger partial charge in [0.2, 0.25) is 5.78 Å². The number of aromatic nitrogens is 1. The van der Waals surface area contributed by atoms with Gasteiger partial charge in [0.1, 0.15) is 5.75 Å². The number of ketones is 1. The van der Waals surface area contributed by atoms with Gasteiger partial charge in [-0.1, -0.05) is 48.5 Å². The van der Waals surface area contributed by atoms with Gasteiger partial charge in [0.05, 0.1) is 18.8 Å². The number of rotatable bonds is 9. The average molecular weight is 474 g/mol. The van der Waals surface area contributed by atoms with Crippen molar-refractivity contribution in [2.24, 2.45) is 0 Å². The average Bonchev–Trinajstić information content (AvgIpc) is 3.50. The van der Waals surface area contributed by atoms with Crippen molar-refractivity contribution in [1.82, 2.24) is 4.57 Å². The maximum absolute atomic E-state index is 13.2. The molecule has 1 aliphatic heterocycles. The molecule has 35 heavy (non-hydrogen) atoms. The van der Waals surface area contributed by atoms with Crippen LogP contribution in [-0.4, -0.2) is 42.7 Å². The molecule has 1 fully saturated rings. The van der Waals surface area contributed by atoms with Crippen molar-refractivity contribution in [2.45, 2.75) is 39.3 Å². The second-order valence-electron chi connectivity index (χ2n) is 8.70. The van der Waals surface area contributed by atoms with E-state index in [0.29, 0.717) is 22.4 Å². The minimum atomic E-state index is -0.566. The molecule has 4 rings (SSSR count). The molecule has 0 amide bonds. The van der Waals surface area contributed by atoms with Crippen molar-refractivity contribution in [1.29, 1.82) is 0 Å². The zero-order valence-corrected chi connectivity index (χ0v) is 20.5. The number of ether oxygens (including phenoxy) is 3. The van der Waals surface area contributed by atoms with Gasteiger partial charge in [-0.3, -0.25) is 4.79 Å². The van der Waals surface area contributed by atoms with Crippen molar-refractivity contribution < 1.29 is 23.8 Å². The van der Waals surface area contributed by atoms with Crippen LogP contribution in [0.15, 0.2) is 60.7 Å². The normalized spacial score (nSPS) is 15.7. The van der Waals surface area contributed by atoms with E-state index in [1.54, 1.807) is 13.2 Å². The molecule has 0 aliphatic carbocycles. The van der Waals surface area contributed by atoms with E-state index in [1.165, 1.54) is 0 Å². The Morgan fingerprint density at radius 2 is 1.83 bits per heavy atom. The van der Waals surface area contributed by atoms with Crippen LogP contribution in [-0.2, 0) is 20.8 Å². The third-order valence-corrected chi connectivity index (χ3v) is 6.36. The van der Waals surface area contributed by atoms with Gasteiger partial charge < -0.3 is 18.8 Å². The topological polar surface area (TPSA) is 66.8 Å². The lowest BCUT2D eigenvalue weighted by Crippen LogP contribution is -2.18. The van der Waals surface area contributed by atoms with E-state index in [2.05, 4.69) is 4.57 Å². The molecule has 1 unspecified atom stereocenters. The van der Waals surface area contributed by atoms with E-state index in [0.717, 1.165) is 42.9 Å². The van der Waals surface area contributed by atoms with Gasteiger partial charge in [-0.25, -0.2) is 4.79 Å². The minimum Gasteiger partial charge on any atom is -0.496 e. The summed E-state index contributed by atoms with van der Waals surface area (Å²) in [5, 5.41) is 0. The number of nitrogens with zero attached hydrogens (tertiary/aromatic N) is 1. The molecule has 0 spiro atoms. The molecule has 2 aromatic carbocycles. The number of esters is 1. The molecule has 1 aliphatic rings. The lowest BCUT2D eigenvalue weighted by atomic mass is 10.0. The van der Waals surface area contributed by atoms with Crippen molar-refractivity contribution in [3.05, 3.63) is 88.7 Å². The lowest BCUT2D eigenvalue weighted by Gasteiger charge is -2.15. The molecular weight excluding hydrogens is 442 g/mol. The molecule has 2 heterocycles. The molecule has 1 saturated heterocycles. The smallest absolute Gasteiger partial charge is 0.339 e. The van der Waals surface area contributed by atoms with E-state index in [9.17, 15) is 9.59 Å². The number of hydrogen-bond acceptors (Lipinski definition) is 5. The Balaban J connectivity index is 1.52. The first kappa shape index (κ1) is 24.5. The van der Waals surface area contributed by atoms with Crippen LogP contribution in [0.3, 0.4) is 0 Å². The monoisotopic (exact) mass is 473 g/mol. The van der Waals surface area contributed by atoms with Crippen LogP contribution < -0.4 is 4.74 Å². The van der Waals surface area contributed by atoms with Crippen molar-refractivity contribution >= 4 is 23.4 Å². The Morgan fingerprint density at radius 3 is 2.54 bits per heavy atom. The van der Waals surface area contributed by atoms with Crippen LogP contribution in [0.4, 0.5) is 0 Å². The summed E-state index contributed by atoms with van der Waals surface area (Å²) in [7, 11) is 1.58. The number of benzene rings is 2. The summed E-state index contributed by atoms with van der Waals surface area (Å²) in [4.78, 5) is 26.2. The molecule has 3 aromatic rings. The van der Waals surface area contributed by atoms with Crippen LogP contribution >= 0.6 is 0 Å². The minimum absolute atomic E-state index is 0.175. The van der Waals surface area contributed by atoms with Crippen molar-refractivity contribution in [2.75, 3.05) is 20.3 Å². The molecule has 0 N–H and O–H groups in total. The molecule has 6 heteroatoms. The number of para-hydroxylation sites is 1. The molecule has 6 nitrogen and oxygen atoms in total. The Labute approximate surface area is 206 Å². The Morgan fingerprint density at radius 1 is 1.09 bits per heavy atom. The number of methoxy groups -OCH3 is 1. The summed E-state index contributed by atoms with van der Waals surface area (Å²) in [5.41, 5.74) is 4.23. The van der Waals surface area contributed by atoms with Crippen LogP contribution in [0.25, 0.3) is 11.6 Å². The quantitative estimate of drug-likeness (QED) is 0.184. The molecule has 1 aromatic heterocycles. The second kappa shape index (κ2) is 11.2. The van der Waals surface area contributed by atoms with Gasteiger partial charge in [0, 0.05) is 35.7 Å². The van der Waals surface area contributed by atoms with Gasteiger partial charge >= 0.3 is 5.97 Å². The Kier molecular flexibility index (Phi) is 7.83. The SMILES string of the molecule is COc1ccccc1C=C(C(=O)OCC(=O)c1cc(C)n(CC2CCCO2)c1C)c1ccccc1. The Bertz CT molecular complexity index is 1220. The third kappa shape index (κ3) is 5.72. The molecule has 1 atom stereocenters. The van der Waals surface area contributed by atoms with Crippen LogP contribution in [0, 0.1) is 13.8 Å². The summed E-state index contributed by atoms with van der Waals surface area (Å²) in [6, 6.07) is 18.6. The van der Waals surface area contributed by atoms with Gasteiger partial charge in [-0.15, -0.1) is 0 Å². The largest absolute Gasteiger partial charge is 0.496 e. The highest BCUT2D eigenvalue weighted by Gasteiger charge is 2.22. The summed E-state index contributed by atoms with van der Waals surface area (Å²) >= 11 is 0. The summed E-state index contributed by atoms with van der Waals surface area (Å²) in [6.07, 6.45) is 4.00. The van der Waals surface area contributed by atoms with Crippen molar-refractivity contribution in [3.8, 4) is 5.75 Å². The predicted octanol–water partition coefficient (Wildman–Crippen LogP) is 5.26. The summed E-state index contributed by atoms with van der Waals surface area (Å²) < 4.78 is 18.8. The van der Waals surface area contributed by atoms with E-state index in [4.69, 9.17) is 14.2 Å². The molecule has 0 bridgehead atoms. The summed E-state index contributed by atoms with van der Waals surface area (Å²) in [6.45, 7) is 5.09. The number of Topliss-reactive ketones (excluding diaryl/α,β-unsaturated/α-hetero) is 1. The fourth-order valence-electron chi connectivity index (χ4n) is 4.46. The van der Waals surface area contributed by atoms with E-state index < -0.39 is 5.97 Å². The fraction of sp³-hybridized carbons (Fsp3) is 0.310. The number of carbonyl (C=O) groups excluding carboxylic acids is 2. The van der Waals surface area contributed by atoms with E-state index >= 15 is 0 Å². The number of hydrogen-bond donors (Lipinski definition) is 0. The van der Waals surface area contributed by atoms with Gasteiger partial charge in [0.15, 0.2) is 6.61 Å². The summed E-state index contributed by atoms with van der Waals surface area (Å²) in [5.74, 6) is -0.151. The first-order valence-electron chi connectivity index (χ1n) is 11.9. The zero-order valence-electron chi connectivity index (χ0n) is 20.5. The predicted molar refractivity (Wildman–Crippen MR) is 135 cm³/mol. The van der Waals surface area contributed by atoms with Crippen molar-refractivity contribution in [3.63, 3.8) is 0 Å². The standard InChI is InChI=1S/C29H31NO5/c1-20-16-25(21(2)30(20)18-24-13-9-15-34-24)27(31)19-35-29(32)26(22-10-5-4-6-11-22)17-23-12-7-8-14-28(23)33-3/h4-8,10-12,14,16-17,24H,9,13,15,18-19H2,1-3H3. The molecule has 0 radical (unpaired) electrons. The molecule has 0 saturated carbocycles. The lowest BCUT2D eigenvalue weighted by molar-refractivity contribution is -0.135. The maximum atomic E-state index is 13.2. The number of aryl methyl sites for hydroxylation is 1. The third-order valence-electron chi connectivity index (χ3n) is 6.36. The molecule has 182 valence electrons. The zero-order chi connectivity index (χ0) is 24.8. The van der Waals surface area contributed by atoms with Crippen LogP contribution in [0.1, 0.15) is 45.7 Å². The van der Waals surface area contributed by atoms with Gasteiger partial charge in [-0.2, -0.15) is 0 Å². The number of carbonyl (C=O) groups is 2. The first-order chi connectivity index (χ1) is 17.0. The van der Waals surface area contributed by atoms with Gasteiger partial charge in [-0.05, 0) is 50.5 Å². The second-order valence-corrected chi connectivity index (χ2v) is 8.70. The highest BCUT2D eigenvalue weighted by atomic mass is 16.5. The van der Waals surface area contributed by atoms with Gasteiger partial charge in [0.25, 0.3) is 0 Å². The highest BCUT2D eigenvalue weighted by Crippen LogP contribution is 2.26. The molecular formula is C29H31NO5. The Hall–Kier alpha value is -3.64. The van der Waals surface area contributed by atoms with E-state index in [-0.39, 0.29) is 18.5 Å².